The number of alkyl halides is 3. The molecule has 150 valence electrons. The summed E-state index contributed by atoms with van der Waals surface area (Å²) >= 11 is 0. The molecule has 0 fully saturated rings. The van der Waals surface area contributed by atoms with Gasteiger partial charge in [-0.3, -0.25) is 9.59 Å². The number of nitrogens with one attached hydrogen (secondary N) is 1. The Kier molecular flexibility index (Phi) is 7.61. The topological polar surface area (TPSA) is 49.4 Å². The van der Waals surface area contributed by atoms with Crippen LogP contribution in [0.15, 0.2) is 54.6 Å². The third-order valence-electron chi connectivity index (χ3n) is 4.26. The average molecular weight is 392 g/mol. The van der Waals surface area contributed by atoms with Crippen molar-refractivity contribution < 1.29 is 22.8 Å². The Hall–Kier alpha value is -2.83. The van der Waals surface area contributed by atoms with Crippen LogP contribution in [0.3, 0.4) is 0 Å². The van der Waals surface area contributed by atoms with Crippen molar-refractivity contribution in [3.63, 3.8) is 0 Å². The summed E-state index contributed by atoms with van der Waals surface area (Å²) in [5.74, 6) is -0.539. The van der Waals surface area contributed by atoms with Crippen LogP contribution in [0.1, 0.15) is 30.9 Å². The van der Waals surface area contributed by atoms with Gasteiger partial charge < -0.3 is 10.2 Å². The van der Waals surface area contributed by atoms with Crippen LogP contribution in [0.2, 0.25) is 0 Å². The maximum Gasteiger partial charge on any atom is 0.416 e. The van der Waals surface area contributed by atoms with Gasteiger partial charge in [-0.15, -0.1) is 0 Å². The van der Waals surface area contributed by atoms with E-state index in [4.69, 9.17) is 0 Å². The van der Waals surface area contributed by atoms with Crippen molar-refractivity contribution in [2.45, 2.75) is 32.4 Å². The maximum atomic E-state index is 12.7. The molecule has 0 aromatic heterocycles. The molecule has 7 heteroatoms. The summed E-state index contributed by atoms with van der Waals surface area (Å²) in [7, 11) is 0. The fourth-order valence-corrected chi connectivity index (χ4v) is 2.77. The number of aryl methyl sites for hydroxylation is 1. The van der Waals surface area contributed by atoms with Gasteiger partial charge in [0.1, 0.15) is 0 Å². The third kappa shape index (κ3) is 6.72. The van der Waals surface area contributed by atoms with Gasteiger partial charge in [0, 0.05) is 32.1 Å². The fraction of sp³-hybridized carbons (Fsp3) is 0.333. The van der Waals surface area contributed by atoms with Crippen LogP contribution in [-0.4, -0.2) is 24.9 Å². The number of hydrogen-bond acceptors (Lipinski definition) is 2. The van der Waals surface area contributed by atoms with Crippen LogP contribution >= 0.6 is 0 Å². The highest BCUT2D eigenvalue weighted by molar-refractivity contribution is 5.92. The highest BCUT2D eigenvalue weighted by atomic mass is 19.4. The molecule has 1 N–H and O–H groups in total. The molecule has 0 heterocycles. The van der Waals surface area contributed by atoms with Crippen LogP contribution in [0.4, 0.5) is 18.9 Å². The molecule has 0 unspecified atom stereocenters. The van der Waals surface area contributed by atoms with E-state index in [0.29, 0.717) is 12.2 Å². The highest BCUT2D eigenvalue weighted by Crippen LogP contribution is 2.30. The lowest BCUT2D eigenvalue weighted by atomic mass is 10.1. The number of carbonyl (C=O) groups excluding carboxylic acids is 2. The minimum absolute atomic E-state index is 0.0753. The Balaban J connectivity index is 1.80. The Morgan fingerprint density at radius 2 is 1.64 bits per heavy atom. The SMILES string of the molecule is CC(=O)N(CCC(=O)NCCCc1ccccc1)c1ccc(C(F)(F)F)cc1. The minimum Gasteiger partial charge on any atom is -0.356 e. The molecule has 2 aromatic carbocycles. The molecule has 0 bridgehead atoms. The largest absolute Gasteiger partial charge is 0.416 e. The normalized spacial score (nSPS) is 11.1. The minimum atomic E-state index is -4.43. The Labute approximate surface area is 162 Å². The van der Waals surface area contributed by atoms with E-state index in [-0.39, 0.29) is 24.8 Å². The quantitative estimate of drug-likeness (QED) is 0.685. The lowest BCUT2D eigenvalue weighted by Gasteiger charge is -2.21. The first-order valence-corrected chi connectivity index (χ1v) is 9.03. The molecule has 4 nitrogen and oxygen atoms in total. The van der Waals surface area contributed by atoms with Gasteiger partial charge in [-0.2, -0.15) is 13.2 Å². The zero-order valence-electron chi connectivity index (χ0n) is 15.6. The van der Waals surface area contributed by atoms with Crippen LogP contribution in [0, 0.1) is 0 Å². The van der Waals surface area contributed by atoms with E-state index in [1.54, 1.807) is 0 Å². The number of anilines is 1. The molecular weight excluding hydrogens is 369 g/mol. The van der Waals surface area contributed by atoms with E-state index in [1.807, 2.05) is 30.3 Å². The number of amides is 2. The van der Waals surface area contributed by atoms with Crippen LogP contribution < -0.4 is 10.2 Å². The maximum absolute atomic E-state index is 12.7. The smallest absolute Gasteiger partial charge is 0.356 e. The van der Waals surface area contributed by atoms with Gasteiger partial charge in [0.2, 0.25) is 11.8 Å². The van der Waals surface area contributed by atoms with E-state index in [9.17, 15) is 22.8 Å². The fourth-order valence-electron chi connectivity index (χ4n) is 2.77. The molecule has 0 saturated heterocycles. The second kappa shape index (κ2) is 9.92. The Morgan fingerprint density at radius 1 is 1.00 bits per heavy atom. The summed E-state index contributed by atoms with van der Waals surface area (Å²) in [6.45, 7) is 1.94. The second-order valence-corrected chi connectivity index (χ2v) is 6.40. The number of hydrogen-bond donors (Lipinski definition) is 1. The highest BCUT2D eigenvalue weighted by Gasteiger charge is 2.30. The molecule has 2 rings (SSSR count). The third-order valence-corrected chi connectivity index (χ3v) is 4.26. The molecule has 0 atom stereocenters. The predicted octanol–water partition coefficient (Wildman–Crippen LogP) is 4.20. The average Bonchev–Trinajstić information content (AvgIpc) is 2.66. The molecule has 28 heavy (non-hydrogen) atoms. The Morgan fingerprint density at radius 3 is 2.21 bits per heavy atom. The van der Waals surface area contributed by atoms with Crippen LogP contribution in [0.5, 0.6) is 0 Å². The van der Waals surface area contributed by atoms with Crippen LogP contribution in [-0.2, 0) is 22.2 Å². The van der Waals surface area contributed by atoms with Crippen molar-refractivity contribution in [1.29, 1.82) is 0 Å². The van der Waals surface area contributed by atoms with Crippen molar-refractivity contribution in [2.24, 2.45) is 0 Å². The zero-order valence-corrected chi connectivity index (χ0v) is 15.6. The van der Waals surface area contributed by atoms with Crippen molar-refractivity contribution in [2.75, 3.05) is 18.0 Å². The number of carbonyl (C=O) groups is 2. The summed E-state index contributed by atoms with van der Waals surface area (Å²) < 4.78 is 38.0. The van der Waals surface area contributed by atoms with Gasteiger partial charge in [0.05, 0.1) is 5.56 Å². The van der Waals surface area contributed by atoms with Crippen molar-refractivity contribution >= 4 is 17.5 Å². The molecule has 0 spiro atoms. The molecule has 0 saturated carbocycles. The lowest BCUT2D eigenvalue weighted by Crippen LogP contribution is -2.34. The predicted molar refractivity (Wildman–Crippen MR) is 102 cm³/mol. The van der Waals surface area contributed by atoms with Gasteiger partial charge in [0.15, 0.2) is 0 Å². The van der Waals surface area contributed by atoms with Gasteiger partial charge >= 0.3 is 6.18 Å². The number of halogens is 3. The standard InChI is InChI=1S/C21H23F3N2O2/c1-16(27)26(19-11-9-18(10-12-19)21(22,23)24)15-13-20(28)25-14-5-8-17-6-3-2-4-7-17/h2-4,6-7,9-12H,5,8,13-15H2,1H3,(H,25,28). The van der Waals surface area contributed by atoms with Gasteiger partial charge in [-0.1, -0.05) is 30.3 Å². The van der Waals surface area contributed by atoms with E-state index in [2.05, 4.69) is 5.32 Å². The van der Waals surface area contributed by atoms with E-state index >= 15 is 0 Å². The molecule has 0 radical (unpaired) electrons. The molecular formula is C21H23F3N2O2. The van der Waals surface area contributed by atoms with Gasteiger partial charge in [-0.25, -0.2) is 0 Å². The van der Waals surface area contributed by atoms with E-state index < -0.39 is 11.7 Å². The summed E-state index contributed by atoms with van der Waals surface area (Å²) in [4.78, 5) is 25.1. The monoisotopic (exact) mass is 392 g/mol. The summed E-state index contributed by atoms with van der Waals surface area (Å²) in [5, 5.41) is 2.80. The molecule has 0 aliphatic heterocycles. The summed E-state index contributed by atoms with van der Waals surface area (Å²) in [5.41, 5.74) is 0.745. The lowest BCUT2D eigenvalue weighted by molar-refractivity contribution is -0.137. The van der Waals surface area contributed by atoms with Gasteiger partial charge in [0.25, 0.3) is 0 Å². The second-order valence-electron chi connectivity index (χ2n) is 6.40. The molecule has 2 aromatic rings. The number of rotatable bonds is 8. The van der Waals surface area contributed by atoms with Crippen molar-refractivity contribution in [1.82, 2.24) is 5.32 Å². The molecule has 0 aliphatic carbocycles. The van der Waals surface area contributed by atoms with Gasteiger partial charge in [-0.05, 0) is 42.7 Å². The first-order chi connectivity index (χ1) is 13.3. The first-order valence-electron chi connectivity index (χ1n) is 9.03. The van der Waals surface area contributed by atoms with Crippen LogP contribution in [0.25, 0.3) is 0 Å². The Bertz CT molecular complexity index is 774. The van der Waals surface area contributed by atoms with Crippen molar-refractivity contribution in [3.05, 3.63) is 65.7 Å². The van der Waals surface area contributed by atoms with E-state index in [0.717, 1.165) is 25.0 Å². The molecule has 0 aliphatic rings. The van der Waals surface area contributed by atoms with E-state index in [1.165, 1.54) is 29.5 Å². The van der Waals surface area contributed by atoms with Crippen molar-refractivity contribution in [3.8, 4) is 0 Å². The first kappa shape index (κ1) is 21.5. The molecule has 2 amide bonds. The number of nitrogens with zero attached hydrogens (tertiary/aromatic N) is 1. The summed E-state index contributed by atoms with van der Waals surface area (Å²) in [6.07, 6.45) is -2.71. The summed E-state index contributed by atoms with van der Waals surface area (Å²) in [6, 6.07) is 14.3. The number of benzene rings is 2. The zero-order chi connectivity index (χ0) is 20.6.